The molecule has 6 N–H and O–H groups in total. The molecule has 1 aliphatic heterocycles. The van der Waals surface area contributed by atoms with Crippen LogP contribution in [0.5, 0.6) is 0 Å². The van der Waals surface area contributed by atoms with Gasteiger partial charge in [0.25, 0.3) is 5.91 Å². The predicted octanol–water partition coefficient (Wildman–Crippen LogP) is 3.50. The summed E-state index contributed by atoms with van der Waals surface area (Å²) in [5.74, 6) is -3.00. The number of carbonyl (C=O) groups is 7. The van der Waals surface area contributed by atoms with Crippen LogP contribution in [-0.2, 0) is 62.6 Å². The van der Waals surface area contributed by atoms with Gasteiger partial charge in [0.15, 0.2) is 0 Å². The average molecular weight is 875 g/mol. The number of methoxy groups -OCH3 is 1. The lowest BCUT2D eigenvalue weighted by molar-refractivity contribution is -0.156. The largest absolute Gasteiger partial charge is 0.469 e. The number of anilines is 1. The first-order valence-electron chi connectivity index (χ1n) is 21.0. The Balaban J connectivity index is 1.47. The van der Waals surface area contributed by atoms with Crippen LogP contribution in [0.4, 0.5) is 5.69 Å². The van der Waals surface area contributed by atoms with Gasteiger partial charge in [-0.05, 0) is 90.1 Å². The van der Waals surface area contributed by atoms with Crippen molar-refractivity contribution >= 4 is 47.2 Å². The number of benzene rings is 2. The number of fused-ring (bicyclic) bond motifs is 1. The third-order valence-corrected chi connectivity index (χ3v) is 9.66. The Hall–Kier alpha value is -6.30. The molecule has 342 valence electrons. The molecule has 2 heterocycles. The third-order valence-electron chi connectivity index (χ3n) is 9.66. The second-order valence-corrected chi connectivity index (χ2v) is 17.4. The van der Waals surface area contributed by atoms with Gasteiger partial charge in [-0.25, -0.2) is 4.98 Å². The van der Waals surface area contributed by atoms with Crippen LogP contribution in [0.1, 0.15) is 107 Å². The number of aromatic nitrogens is 2. The molecule has 0 unspecified atom stereocenters. The van der Waals surface area contributed by atoms with Gasteiger partial charge >= 0.3 is 17.9 Å². The van der Waals surface area contributed by atoms with E-state index in [-0.39, 0.29) is 76.5 Å². The zero-order valence-corrected chi connectivity index (χ0v) is 37.3. The Morgan fingerprint density at radius 2 is 1.57 bits per heavy atom. The first-order chi connectivity index (χ1) is 29.7. The lowest BCUT2D eigenvalue weighted by atomic mass is 10.1. The van der Waals surface area contributed by atoms with Crippen LogP contribution < -0.4 is 21.7 Å². The lowest BCUT2D eigenvalue weighted by Gasteiger charge is -2.25. The molecule has 3 aromatic rings. The van der Waals surface area contributed by atoms with E-state index in [9.17, 15) is 33.6 Å². The topological polar surface area (TPSA) is 244 Å². The maximum absolute atomic E-state index is 14.1. The number of hydrogen-bond donors (Lipinski definition) is 5. The second kappa shape index (κ2) is 22.7. The lowest BCUT2D eigenvalue weighted by Crippen LogP contribution is -2.52. The normalized spacial score (nSPS) is 14.8. The van der Waals surface area contributed by atoms with Crippen LogP contribution in [0.25, 0.3) is 0 Å². The van der Waals surface area contributed by atoms with E-state index in [2.05, 4.69) is 25.9 Å². The smallest absolute Gasteiger partial charge is 0.308 e. The number of aromatic amines is 1. The van der Waals surface area contributed by atoms with Crippen molar-refractivity contribution < 1.29 is 47.8 Å². The van der Waals surface area contributed by atoms with Gasteiger partial charge in [-0.15, -0.1) is 0 Å². The Morgan fingerprint density at radius 1 is 0.905 bits per heavy atom. The number of rotatable bonds is 20. The number of amides is 4. The van der Waals surface area contributed by atoms with E-state index in [0.717, 1.165) is 5.56 Å². The maximum Gasteiger partial charge on any atom is 0.308 e. The Kier molecular flexibility index (Phi) is 17.8. The highest BCUT2D eigenvalue weighted by Gasteiger charge is 2.33. The van der Waals surface area contributed by atoms with Gasteiger partial charge in [0.05, 0.1) is 26.1 Å². The molecule has 0 bridgehead atoms. The van der Waals surface area contributed by atoms with Crippen LogP contribution in [-0.4, -0.2) is 111 Å². The number of esters is 3. The van der Waals surface area contributed by atoms with Gasteiger partial charge < -0.3 is 50.7 Å². The van der Waals surface area contributed by atoms with Crippen LogP contribution in [0.15, 0.2) is 60.9 Å². The zero-order chi connectivity index (χ0) is 46.3. The number of H-pyrrole nitrogens is 1. The SMILES string of the molecule is COC(=O)C[C@H]1Nc2ccc(C(=O)N(Cc3ccccc3)Cc3ncc[nH]3)cc2CN(CCCNC(=O)[C@H](CCC(=O)OC(C)(C)C)NC(=O)[C@H](N)CCC(=O)OC(C)(C)C)C1=O. The van der Waals surface area contributed by atoms with Crippen molar-refractivity contribution in [3.63, 3.8) is 0 Å². The fourth-order valence-electron chi connectivity index (χ4n) is 6.68. The summed E-state index contributed by atoms with van der Waals surface area (Å²) in [5.41, 5.74) is 7.13. The van der Waals surface area contributed by atoms with Gasteiger partial charge in [0.1, 0.15) is 29.1 Å². The van der Waals surface area contributed by atoms with Crippen molar-refractivity contribution in [1.82, 2.24) is 30.4 Å². The molecule has 0 saturated heterocycles. The molecule has 63 heavy (non-hydrogen) atoms. The third kappa shape index (κ3) is 16.5. The first kappa shape index (κ1) is 49.4. The zero-order valence-electron chi connectivity index (χ0n) is 37.3. The van der Waals surface area contributed by atoms with Crippen LogP contribution in [0.3, 0.4) is 0 Å². The van der Waals surface area contributed by atoms with E-state index < -0.39 is 59.0 Å². The van der Waals surface area contributed by atoms with Crippen molar-refractivity contribution in [2.45, 2.75) is 129 Å². The molecular weight excluding hydrogens is 813 g/mol. The highest BCUT2D eigenvalue weighted by molar-refractivity contribution is 5.96. The van der Waals surface area contributed by atoms with Crippen molar-refractivity contribution in [1.29, 1.82) is 0 Å². The van der Waals surface area contributed by atoms with Crippen molar-refractivity contribution in [3.05, 3.63) is 83.4 Å². The molecule has 18 nitrogen and oxygen atoms in total. The minimum absolute atomic E-state index is 0.0352. The van der Waals surface area contributed by atoms with Gasteiger partial charge in [0, 0.05) is 62.7 Å². The number of carbonyl (C=O) groups excluding carboxylic acids is 7. The average Bonchev–Trinajstić information content (AvgIpc) is 3.69. The molecule has 1 aliphatic rings. The Labute approximate surface area is 368 Å². The predicted molar refractivity (Wildman–Crippen MR) is 232 cm³/mol. The van der Waals surface area contributed by atoms with Gasteiger partial charge in [-0.3, -0.25) is 33.6 Å². The molecular formula is C45H62N8O10. The van der Waals surface area contributed by atoms with Gasteiger partial charge in [0.2, 0.25) is 17.7 Å². The monoisotopic (exact) mass is 874 g/mol. The van der Waals surface area contributed by atoms with Crippen LogP contribution in [0, 0.1) is 0 Å². The van der Waals surface area contributed by atoms with E-state index in [4.69, 9.17) is 19.9 Å². The summed E-state index contributed by atoms with van der Waals surface area (Å²) in [6.07, 6.45) is 2.87. The van der Waals surface area contributed by atoms with Gasteiger partial charge in [-0.2, -0.15) is 0 Å². The Morgan fingerprint density at radius 3 is 2.19 bits per heavy atom. The van der Waals surface area contributed by atoms with E-state index in [1.807, 2.05) is 30.3 Å². The Bertz CT molecular complexity index is 2050. The van der Waals surface area contributed by atoms with Gasteiger partial charge in [-0.1, -0.05) is 30.3 Å². The van der Waals surface area contributed by atoms with Crippen molar-refractivity contribution in [3.8, 4) is 0 Å². The summed E-state index contributed by atoms with van der Waals surface area (Å²) >= 11 is 0. The second-order valence-electron chi connectivity index (χ2n) is 17.4. The fourth-order valence-corrected chi connectivity index (χ4v) is 6.68. The van der Waals surface area contributed by atoms with Crippen molar-refractivity contribution in [2.75, 3.05) is 25.5 Å². The first-order valence-corrected chi connectivity index (χ1v) is 21.0. The van der Waals surface area contributed by atoms with E-state index in [1.54, 1.807) is 81.9 Å². The van der Waals surface area contributed by atoms with E-state index in [1.165, 1.54) is 7.11 Å². The summed E-state index contributed by atoms with van der Waals surface area (Å²) in [5, 5.41) is 8.57. The number of imidazole rings is 1. The summed E-state index contributed by atoms with van der Waals surface area (Å²) < 4.78 is 15.6. The number of ether oxygens (including phenoxy) is 3. The fraction of sp³-hybridized carbons (Fsp3) is 0.511. The van der Waals surface area contributed by atoms with Crippen LogP contribution in [0.2, 0.25) is 0 Å². The molecule has 18 heteroatoms. The summed E-state index contributed by atoms with van der Waals surface area (Å²) in [6.45, 7) is 11.1. The highest BCUT2D eigenvalue weighted by atomic mass is 16.6. The summed E-state index contributed by atoms with van der Waals surface area (Å²) in [4.78, 5) is 103. The van der Waals surface area contributed by atoms with Crippen molar-refractivity contribution in [2.24, 2.45) is 5.73 Å². The maximum atomic E-state index is 14.1. The molecule has 0 spiro atoms. The standard InChI is InChI=1S/C45H62N8O10/c1-44(2,3)62-37(54)18-15-32(46)40(57)51-34(17-19-38(55)63-45(4,5)6)41(58)49-20-11-23-52-27-31-24-30(14-16-33(31)50-35(43(52)60)25-39(56)61-7)42(59)53(28-36-47-21-22-48-36)26-29-12-9-8-10-13-29/h8-10,12-14,16,21-22,24,32,34-35,50H,11,15,17-20,23,25-28,46H2,1-7H3,(H,47,48)(H,49,58)(H,51,57)/t32-,34+,35-/m1/s1. The molecule has 0 radical (unpaired) electrons. The van der Waals surface area contributed by atoms with E-state index >= 15 is 0 Å². The molecule has 1 aromatic heterocycles. The molecule has 4 rings (SSSR count). The molecule has 4 amide bonds. The summed E-state index contributed by atoms with van der Waals surface area (Å²) in [7, 11) is 1.24. The molecule has 2 aromatic carbocycles. The minimum Gasteiger partial charge on any atom is -0.469 e. The number of nitrogens with two attached hydrogens (primary N) is 1. The van der Waals surface area contributed by atoms with E-state index in [0.29, 0.717) is 29.2 Å². The number of hydrogen-bond acceptors (Lipinski definition) is 13. The number of nitrogens with one attached hydrogen (secondary N) is 4. The summed E-state index contributed by atoms with van der Waals surface area (Å²) in [6, 6.07) is 11.4. The number of nitrogens with zero attached hydrogens (tertiary/aromatic N) is 3. The molecule has 0 aliphatic carbocycles. The molecule has 3 atom stereocenters. The highest BCUT2D eigenvalue weighted by Crippen LogP contribution is 2.27. The molecule has 0 fully saturated rings. The quantitative estimate of drug-likeness (QED) is 0.0621. The van der Waals surface area contributed by atoms with Crippen LogP contribution >= 0.6 is 0 Å². The molecule has 0 saturated carbocycles. The minimum atomic E-state index is -1.18.